The normalized spacial score (nSPS) is 27.6. The Morgan fingerprint density at radius 1 is 1.44 bits per heavy atom. The first-order chi connectivity index (χ1) is 7.63. The monoisotopic (exact) mass is 289 g/mol. The molecule has 2 heterocycles. The molecule has 4 nitrogen and oxygen atoms in total. The van der Waals surface area contributed by atoms with E-state index in [2.05, 4.69) is 27.8 Å². The molecule has 0 aromatic heterocycles. The van der Waals surface area contributed by atoms with E-state index in [4.69, 9.17) is 9.47 Å². The maximum absolute atomic E-state index is 11.4. The number of rotatable bonds is 2. The second-order valence-corrected chi connectivity index (χ2v) is 5.13. The van der Waals surface area contributed by atoms with Crippen LogP contribution in [0.15, 0.2) is 10.2 Å². The van der Waals surface area contributed by atoms with Gasteiger partial charge in [-0.15, -0.1) is 0 Å². The van der Waals surface area contributed by atoms with Gasteiger partial charge in [-0.05, 0) is 34.7 Å². The van der Waals surface area contributed by atoms with Crippen molar-refractivity contribution in [2.45, 2.75) is 26.1 Å². The second-order valence-electron chi connectivity index (χ2n) is 4.34. The lowest BCUT2D eigenvalue weighted by Crippen LogP contribution is -2.36. The van der Waals surface area contributed by atoms with Crippen molar-refractivity contribution in [3.05, 3.63) is 10.2 Å². The Morgan fingerprint density at radius 2 is 2.06 bits per heavy atom. The van der Waals surface area contributed by atoms with Gasteiger partial charge >= 0.3 is 5.97 Å². The standard InChI is InChI=1S/C11H16BrNO3/c1-7-3-5-13(6-4-7)9-8(12)10(14)16-11(9)15-2/h7,11H,3-6H2,1-2H3/t11-/m1/s1. The molecule has 2 aliphatic heterocycles. The topological polar surface area (TPSA) is 38.8 Å². The molecule has 0 N–H and O–H groups in total. The summed E-state index contributed by atoms with van der Waals surface area (Å²) in [5.74, 6) is 0.426. The molecular weight excluding hydrogens is 274 g/mol. The summed E-state index contributed by atoms with van der Waals surface area (Å²) in [4.78, 5) is 13.6. The van der Waals surface area contributed by atoms with Crippen LogP contribution in [0.4, 0.5) is 0 Å². The molecule has 0 radical (unpaired) electrons. The summed E-state index contributed by atoms with van der Waals surface area (Å²) < 4.78 is 10.8. The number of methoxy groups -OCH3 is 1. The van der Waals surface area contributed by atoms with Gasteiger partial charge in [0.25, 0.3) is 0 Å². The largest absolute Gasteiger partial charge is 0.426 e. The number of nitrogens with zero attached hydrogens (tertiary/aromatic N) is 1. The average Bonchev–Trinajstić information content (AvgIpc) is 2.57. The summed E-state index contributed by atoms with van der Waals surface area (Å²) in [5.41, 5.74) is 0.847. The number of carbonyl (C=O) groups excluding carboxylic acids is 1. The van der Waals surface area contributed by atoms with Gasteiger partial charge in [-0.3, -0.25) is 0 Å². The predicted octanol–water partition coefficient (Wildman–Crippen LogP) is 1.85. The maximum Gasteiger partial charge on any atom is 0.349 e. The van der Waals surface area contributed by atoms with Crippen LogP contribution >= 0.6 is 15.9 Å². The van der Waals surface area contributed by atoms with Gasteiger partial charge in [0, 0.05) is 20.2 Å². The highest BCUT2D eigenvalue weighted by atomic mass is 79.9. The fourth-order valence-electron chi connectivity index (χ4n) is 2.11. The summed E-state index contributed by atoms with van der Waals surface area (Å²) >= 11 is 3.29. The summed E-state index contributed by atoms with van der Waals surface area (Å²) in [6.45, 7) is 4.18. The number of hydrogen-bond donors (Lipinski definition) is 0. The fraction of sp³-hybridized carbons (Fsp3) is 0.727. The van der Waals surface area contributed by atoms with Crippen LogP contribution in [-0.4, -0.2) is 37.4 Å². The van der Waals surface area contributed by atoms with Crippen molar-refractivity contribution in [1.82, 2.24) is 4.90 Å². The molecule has 0 aliphatic carbocycles. The van der Waals surface area contributed by atoms with Gasteiger partial charge in [0.2, 0.25) is 6.29 Å². The molecule has 1 fully saturated rings. The molecule has 90 valence electrons. The number of carbonyl (C=O) groups is 1. The molecule has 0 spiro atoms. The minimum atomic E-state index is -0.546. The van der Waals surface area contributed by atoms with Crippen molar-refractivity contribution >= 4 is 21.9 Å². The molecule has 0 unspecified atom stereocenters. The summed E-state index contributed by atoms with van der Waals surface area (Å²) in [7, 11) is 1.55. The smallest absolute Gasteiger partial charge is 0.349 e. The van der Waals surface area contributed by atoms with Crippen molar-refractivity contribution in [1.29, 1.82) is 0 Å². The highest BCUT2D eigenvalue weighted by Gasteiger charge is 2.37. The Kier molecular flexibility index (Phi) is 3.54. The number of likely N-dealkylation sites (tertiary alicyclic amines) is 1. The lowest BCUT2D eigenvalue weighted by atomic mass is 9.99. The molecule has 5 heteroatoms. The highest BCUT2D eigenvalue weighted by Crippen LogP contribution is 2.32. The molecule has 2 rings (SSSR count). The van der Waals surface area contributed by atoms with Crippen LogP contribution in [-0.2, 0) is 14.3 Å². The number of hydrogen-bond acceptors (Lipinski definition) is 4. The van der Waals surface area contributed by atoms with E-state index in [0.29, 0.717) is 4.48 Å². The zero-order chi connectivity index (χ0) is 11.7. The van der Waals surface area contributed by atoms with Gasteiger partial charge < -0.3 is 14.4 Å². The summed E-state index contributed by atoms with van der Waals surface area (Å²) in [6, 6.07) is 0. The number of cyclic esters (lactones) is 1. The van der Waals surface area contributed by atoms with Gasteiger partial charge in [-0.25, -0.2) is 4.79 Å². The Hall–Kier alpha value is -0.550. The molecule has 16 heavy (non-hydrogen) atoms. The third-order valence-electron chi connectivity index (χ3n) is 3.18. The molecule has 1 saturated heterocycles. The first-order valence-electron chi connectivity index (χ1n) is 5.52. The summed E-state index contributed by atoms with van der Waals surface area (Å²) in [6.07, 6.45) is 1.75. The van der Waals surface area contributed by atoms with E-state index in [9.17, 15) is 4.79 Å². The number of halogens is 1. The van der Waals surface area contributed by atoms with Crippen LogP contribution in [0, 0.1) is 5.92 Å². The van der Waals surface area contributed by atoms with Crippen molar-refractivity contribution < 1.29 is 14.3 Å². The lowest BCUT2D eigenvalue weighted by molar-refractivity contribution is -0.157. The third-order valence-corrected chi connectivity index (χ3v) is 3.91. The SMILES string of the molecule is CO[C@@H]1OC(=O)C(Br)=C1N1CCC(C)CC1. The van der Waals surface area contributed by atoms with Crippen LogP contribution in [0.2, 0.25) is 0 Å². The molecule has 0 aromatic rings. The Balaban J connectivity index is 2.15. The van der Waals surface area contributed by atoms with E-state index in [0.717, 1.165) is 37.5 Å². The first-order valence-corrected chi connectivity index (χ1v) is 6.31. The van der Waals surface area contributed by atoms with E-state index in [1.54, 1.807) is 7.11 Å². The van der Waals surface area contributed by atoms with Crippen LogP contribution in [0.1, 0.15) is 19.8 Å². The van der Waals surface area contributed by atoms with Crippen molar-refractivity contribution in [3.8, 4) is 0 Å². The predicted molar refractivity (Wildman–Crippen MR) is 62.8 cm³/mol. The van der Waals surface area contributed by atoms with E-state index < -0.39 is 6.29 Å². The van der Waals surface area contributed by atoms with Crippen molar-refractivity contribution in [2.75, 3.05) is 20.2 Å². The zero-order valence-corrected chi connectivity index (χ0v) is 11.1. The quantitative estimate of drug-likeness (QED) is 0.728. The average molecular weight is 290 g/mol. The minimum Gasteiger partial charge on any atom is -0.426 e. The van der Waals surface area contributed by atoms with E-state index >= 15 is 0 Å². The number of ether oxygens (including phenoxy) is 2. The van der Waals surface area contributed by atoms with Crippen molar-refractivity contribution in [3.63, 3.8) is 0 Å². The zero-order valence-electron chi connectivity index (χ0n) is 9.53. The molecule has 0 bridgehead atoms. The van der Waals surface area contributed by atoms with Crippen LogP contribution in [0.3, 0.4) is 0 Å². The number of piperidine rings is 1. The van der Waals surface area contributed by atoms with E-state index in [-0.39, 0.29) is 5.97 Å². The van der Waals surface area contributed by atoms with Gasteiger partial charge in [0.05, 0.1) is 0 Å². The highest BCUT2D eigenvalue weighted by molar-refractivity contribution is 9.12. The lowest BCUT2D eigenvalue weighted by Gasteiger charge is -2.34. The van der Waals surface area contributed by atoms with Crippen LogP contribution in [0.25, 0.3) is 0 Å². The van der Waals surface area contributed by atoms with Crippen LogP contribution < -0.4 is 0 Å². The van der Waals surface area contributed by atoms with E-state index in [1.165, 1.54) is 0 Å². The molecule has 1 atom stereocenters. The Morgan fingerprint density at radius 3 is 2.62 bits per heavy atom. The molecular formula is C11H16BrNO3. The second kappa shape index (κ2) is 4.75. The molecule has 2 aliphatic rings. The Labute approximate surface area is 104 Å². The van der Waals surface area contributed by atoms with E-state index in [1.807, 2.05) is 0 Å². The first kappa shape index (κ1) is 11.9. The van der Waals surface area contributed by atoms with Crippen molar-refractivity contribution in [2.24, 2.45) is 5.92 Å². The third kappa shape index (κ3) is 2.11. The molecule has 0 amide bonds. The Bertz CT molecular complexity index is 321. The molecule has 0 saturated carbocycles. The summed E-state index contributed by atoms with van der Waals surface area (Å²) in [5, 5.41) is 0. The minimum absolute atomic E-state index is 0.333. The maximum atomic E-state index is 11.4. The van der Waals surface area contributed by atoms with Gasteiger partial charge in [-0.1, -0.05) is 6.92 Å². The number of esters is 1. The molecule has 0 aromatic carbocycles. The van der Waals surface area contributed by atoms with Gasteiger partial charge in [0.1, 0.15) is 10.2 Å². The van der Waals surface area contributed by atoms with Gasteiger partial charge in [-0.2, -0.15) is 0 Å². The van der Waals surface area contributed by atoms with Gasteiger partial charge in [0.15, 0.2) is 0 Å². The van der Waals surface area contributed by atoms with Crippen LogP contribution in [0.5, 0.6) is 0 Å². The fourth-order valence-corrected chi connectivity index (χ4v) is 2.64.